The molecule has 0 rings (SSSR count). The maximum atomic E-state index is 12.8. The Kier molecular flexibility index (Phi) is 43.3. The molecule has 0 fully saturated rings. The van der Waals surface area contributed by atoms with Gasteiger partial charge in [-0.1, -0.05) is 247 Å². The second-order valence-electron chi connectivity index (χ2n) is 19.1. The smallest absolute Gasteiger partial charge is 0.306 e. The van der Waals surface area contributed by atoms with Crippen LogP contribution in [-0.4, -0.2) is 37.2 Å². The normalized spacial score (nSPS) is 13.1. The molecule has 0 aromatic carbocycles. The molecule has 0 bridgehead atoms. The average molecular weight is 835 g/mol. The highest BCUT2D eigenvalue weighted by Gasteiger charge is 2.19. The van der Waals surface area contributed by atoms with E-state index < -0.39 is 6.10 Å². The van der Waals surface area contributed by atoms with Crippen LogP contribution in [0.2, 0.25) is 0 Å². The van der Waals surface area contributed by atoms with E-state index in [1.54, 1.807) is 0 Å². The fourth-order valence-corrected chi connectivity index (χ4v) is 7.87. The van der Waals surface area contributed by atoms with Crippen molar-refractivity contribution >= 4 is 17.9 Å². The Bertz CT molecular complexity index is 918. The molecule has 350 valence electrons. The average Bonchev–Trinajstić information content (AvgIpc) is 3.22. The summed E-state index contributed by atoms with van der Waals surface area (Å²) in [5.41, 5.74) is 0. The minimum atomic E-state index is -0.763. The van der Waals surface area contributed by atoms with Gasteiger partial charge in [0.05, 0.1) is 0 Å². The van der Waals surface area contributed by atoms with Gasteiger partial charge in [0.1, 0.15) is 13.2 Å². The molecule has 0 aliphatic rings. The van der Waals surface area contributed by atoms with Crippen LogP contribution < -0.4 is 0 Å². The Morgan fingerprint density at radius 2 is 0.593 bits per heavy atom. The topological polar surface area (TPSA) is 78.9 Å². The highest BCUT2D eigenvalue weighted by Crippen LogP contribution is 2.18. The lowest BCUT2D eigenvalue weighted by Gasteiger charge is -2.18. The monoisotopic (exact) mass is 835 g/mol. The SMILES string of the molecule is CCC(C)CCCCCCCCCCCCCCCCC(=O)OC[C@H](COC(=O)CCCCCCCCCCC(C)CC)OC(=O)CCCCCCCCCCC(C)C. The van der Waals surface area contributed by atoms with Gasteiger partial charge in [-0.2, -0.15) is 0 Å². The molecule has 59 heavy (non-hydrogen) atoms. The Morgan fingerprint density at radius 1 is 0.339 bits per heavy atom. The van der Waals surface area contributed by atoms with Gasteiger partial charge < -0.3 is 14.2 Å². The highest BCUT2D eigenvalue weighted by molar-refractivity contribution is 5.71. The van der Waals surface area contributed by atoms with E-state index in [0.29, 0.717) is 19.3 Å². The summed E-state index contributed by atoms with van der Waals surface area (Å²) in [6.07, 6.45) is 43.7. The van der Waals surface area contributed by atoms with Crippen LogP contribution in [0.15, 0.2) is 0 Å². The van der Waals surface area contributed by atoms with Gasteiger partial charge >= 0.3 is 17.9 Å². The summed E-state index contributed by atoms with van der Waals surface area (Å²) in [4.78, 5) is 37.9. The molecule has 0 spiro atoms. The number of carbonyl (C=O) groups is 3. The third-order valence-corrected chi connectivity index (χ3v) is 12.6. The van der Waals surface area contributed by atoms with Crippen molar-refractivity contribution in [3.63, 3.8) is 0 Å². The summed E-state index contributed by atoms with van der Waals surface area (Å²) in [5, 5.41) is 0. The van der Waals surface area contributed by atoms with Crippen LogP contribution in [-0.2, 0) is 28.6 Å². The Labute approximate surface area is 368 Å². The van der Waals surface area contributed by atoms with Gasteiger partial charge in [0, 0.05) is 19.3 Å². The molecule has 6 heteroatoms. The van der Waals surface area contributed by atoms with E-state index in [-0.39, 0.29) is 31.1 Å². The molecule has 0 radical (unpaired) electrons. The standard InChI is InChI=1S/C53H102O6/c1-7-48(5)40-34-28-22-15-13-11-9-10-12-14-16-24-30-36-42-51(54)57-45-50(59-53(56)44-38-32-26-19-17-21-27-33-39-47(3)4)46-58-52(55)43-37-31-25-20-18-23-29-35-41-49(6)8-2/h47-50H,7-46H2,1-6H3/t48?,49?,50-/m1/s1. The van der Waals surface area contributed by atoms with Crippen molar-refractivity contribution in [1.82, 2.24) is 0 Å². The van der Waals surface area contributed by atoms with Gasteiger partial charge in [0.2, 0.25) is 0 Å². The summed E-state index contributed by atoms with van der Waals surface area (Å²) in [7, 11) is 0. The molecule has 0 aliphatic carbocycles. The van der Waals surface area contributed by atoms with Crippen molar-refractivity contribution in [2.24, 2.45) is 17.8 Å². The lowest BCUT2D eigenvalue weighted by atomic mass is 9.99. The largest absolute Gasteiger partial charge is 0.462 e. The summed E-state index contributed by atoms with van der Waals surface area (Å²) in [5.74, 6) is 1.68. The molecule has 6 nitrogen and oxygen atoms in total. The van der Waals surface area contributed by atoms with Crippen LogP contribution >= 0.6 is 0 Å². The second-order valence-corrected chi connectivity index (χ2v) is 19.1. The number of carbonyl (C=O) groups excluding carboxylic acids is 3. The second kappa shape index (κ2) is 44.5. The molecule has 2 unspecified atom stereocenters. The van der Waals surface area contributed by atoms with Crippen molar-refractivity contribution in [3.05, 3.63) is 0 Å². The molecule has 0 aromatic rings. The quantitative estimate of drug-likeness (QED) is 0.0345. The van der Waals surface area contributed by atoms with Crippen LogP contribution in [0.5, 0.6) is 0 Å². The predicted octanol–water partition coefficient (Wildman–Crippen LogP) is 16.8. The van der Waals surface area contributed by atoms with Crippen LogP contribution in [0.25, 0.3) is 0 Å². The third-order valence-electron chi connectivity index (χ3n) is 12.6. The van der Waals surface area contributed by atoms with Crippen LogP contribution in [0.3, 0.4) is 0 Å². The lowest BCUT2D eigenvalue weighted by molar-refractivity contribution is -0.167. The van der Waals surface area contributed by atoms with E-state index in [9.17, 15) is 14.4 Å². The van der Waals surface area contributed by atoms with E-state index in [2.05, 4.69) is 41.5 Å². The van der Waals surface area contributed by atoms with Crippen molar-refractivity contribution in [1.29, 1.82) is 0 Å². The van der Waals surface area contributed by atoms with Crippen LogP contribution in [0, 0.1) is 17.8 Å². The van der Waals surface area contributed by atoms with Crippen molar-refractivity contribution in [3.8, 4) is 0 Å². The Balaban J connectivity index is 4.28. The van der Waals surface area contributed by atoms with E-state index in [1.165, 1.54) is 167 Å². The van der Waals surface area contributed by atoms with Gasteiger partial charge in [-0.15, -0.1) is 0 Å². The minimum absolute atomic E-state index is 0.0652. The lowest BCUT2D eigenvalue weighted by Crippen LogP contribution is -2.30. The zero-order valence-electron chi connectivity index (χ0n) is 40.5. The zero-order valence-corrected chi connectivity index (χ0v) is 40.5. The zero-order chi connectivity index (χ0) is 43.4. The number of rotatable bonds is 46. The van der Waals surface area contributed by atoms with Crippen molar-refractivity contribution < 1.29 is 28.6 Å². The van der Waals surface area contributed by atoms with Gasteiger partial charge in [-0.3, -0.25) is 14.4 Å². The highest BCUT2D eigenvalue weighted by atomic mass is 16.6. The molecule has 0 saturated heterocycles. The number of esters is 3. The van der Waals surface area contributed by atoms with E-state index in [0.717, 1.165) is 75.5 Å². The Morgan fingerprint density at radius 3 is 0.881 bits per heavy atom. The first-order valence-corrected chi connectivity index (χ1v) is 26.2. The molecule has 0 aliphatic heterocycles. The summed E-state index contributed by atoms with van der Waals surface area (Å²) >= 11 is 0. The molecular weight excluding hydrogens is 733 g/mol. The fraction of sp³-hybridized carbons (Fsp3) is 0.943. The van der Waals surface area contributed by atoms with Gasteiger partial charge in [-0.25, -0.2) is 0 Å². The molecule has 3 atom stereocenters. The molecule has 0 N–H and O–H groups in total. The number of hydrogen-bond acceptors (Lipinski definition) is 6. The molecular formula is C53H102O6. The summed E-state index contributed by atoms with van der Waals surface area (Å²) in [6, 6.07) is 0. The van der Waals surface area contributed by atoms with Crippen LogP contribution in [0.1, 0.15) is 286 Å². The number of unbranched alkanes of at least 4 members (excludes halogenated alkanes) is 27. The van der Waals surface area contributed by atoms with E-state index in [1.807, 2.05) is 0 Å². The maximum Gasteiger partial charge on any atom is 0.306 e. The van der Waals surface area contributed by atoms with Crippen LogP contribution in [0.4, 0.5) is 0 Å². The van der Waals surface area contributed by atoms with E-state index in [4.69, 9.17) is 14.2 Å². The van der Waals surface area contributed by atoms with Gasteiger partial charge in [0.15, 0.2) is 6.10 Å². The molecule has 0 amide bonds. The first kappa shape index (κ1) is 57.4. The van der Waals surface area contributed by atoms with Crippen molar-refractivity contribution in [2.75, 3.05) is 13.2 Å². The molecule has 0 saturated carbocycles. The summed E-state index contributed by atoms with van der Waals surface area (Å²) < 4.78 is 16.8. The molecule has 0 heterocycles. The predicted molar refractivity (Wildman–Crippen MR) is 252 cm³/mol. The summed E-state index contributed by atoms with van der Waals surface area (Å²) in [6.45, 7) is 13.7. The number of ether oxygens (including phenoxy) is 3. The fourth-order valence-electron chi connectivity index (χ4n) is 7.87. The maximum absolute atomic E-state index is 12.8. The Hall–Kier alpha value is -1.59. The first-order valence-electron chi connectivity index (χ1n) is 26.2. The van der Waals surface area contributed by atoms with Gasteiger partial charge in [0.25, 0.3) is 0 Å². The van der Waals surface area contributed by atoms with Gasteiger partial charge in [-0.05, 0) is 37.0 Å². The van der Waals surface area contributed by atoms with Crippen molar-refractivity contribution in [2.45, 2.75) is 292 Å². The minimum Gasteiger partial charge on any atom is -0.462 e. The molecule has 0 aromatic heterocycles. The number of hydrogen-bond donors (Lipinski definition) is 0. The third kappa shape index (κ3) is 44.3. The first-order chi connectivity index (χ1) is 28.7. The van der Waals surface area contributed by atoms with E-state index >= 15 is 0 Å².